The highest BCUT2D eigenvalue weighted by atomic mass is 16.5. The molecular weight excluding hydrogens is 340 g/mol. The average molecular weight is 364 g/mol. The van der Waals surface area contributed by atoms with Gasteiger partial charge in [-0.3, -0.25) is 0 Å². The van der Waals surface area contributed by atoms with Crippen LogP contribution in [-0.4, -0.2) is 26.2 Å². The molecule has 0 aromatic heterocycles. The van der Waals surface area contributed by atoms with Gasteiger partial charge in [-0.1, -0.05) is 12.1 Å². The molecule has 0 saturated heterocycles. The number of carbonyl (C=O) groups is 2. The summed E-state index contributed by atoms with van der Waals surface area (Å²) in [6.07, 6.45) is 3.92. The zero-order chi connectivity index (χ0) is 19.3. The lowest BCUT2D eigenvalue weighted by atomic mass is 9.82. The topological polar surface area (TPSA) is 52.6 Å². The van der Waals surface area contributed by atoms with Crippen LogP contribution in [0.25, 0.3) is 0 Å². The Morgan fingerprint density at radius 2 is 1.04 bits per heavy atom. The first-order chi connectivity index (χ1) is 12.9. The van der Waals surface area contributed by atoms with Crippen LogP contribution in [0, 0.1) is 19.3 Å². The van der Waals surface area contributed by atoms with Crippen LogP contribution in [0.1, 0.15) is 54.1 Å². The predicted molar refractivity (Wildman–Crippen MR) is 102 cm³/mol. The second-order valence-electron chi connectivity index (χ2n) is 8.06. The van der Waals surface area contributed by atoms with Gasteiger partial charge >= 0.3 is 11.9 Å². The zero-order valence-electron chi connectivity index (χ0n) is 16.3. The Hall–Kier alpha value is -2.62. The van der Waals surface area contributed by atoms with Gasteiger partial charge in [0.2, 0.25) is 0 Å². The third-order valence-electron chi connectivity index (χ3n) is 6.17. The number of hydrogen-bond donors (Lipinski definition) is 0. The molecule has 1 spiro atoms. The molecule has 2 aliphatic rings. The molecule has 0 amide bonds. The van der Waals surface area contributed by atoms with Crippen LogP contribution in [0.3, 0.4) is 0 Å². The van der Waals surface area contributed by atoms with Gasteiger partial charge in [0.05, 0.1) is 25.3 Å². The molecule has 27 heavy (non-hydrogen) atoms. The highest BCUT2D eigenvalue weighted by Gasteiger charge is 2.42. The van der Waals surface area contributed by atoms with Crippen molar-refractivity contribution in [1.82, 2.24) is 0 Å². The summed E-state index contributed by atoms with van der Waals surface area (Å²) in [5.74, 6) is -0.548. The molecule has 4 heteroatoms. The molecule has 140 valence electrons. The van der Waals surface area contributed by atoms with Crippen LogP contribution in [0.15, 0.2) is 24.3 Å². The minimum absolute atomic E-state index is 0.146. The van der Waals surface area contributed by atoms with E-state index in [1.54, 1.807) is 0 Å². The summed E-state index contributed by atoms with van der Waals surface area (Å²) in [4.78, 5) is 24.1. The molecule has 2 aliphatic carbocycles. The fourth-order valence-corrected chi connectivity index (χ4v) is 4.93. The van der Waals surface area contributed by atoms with E-state index >= 15 is 0 Å². The van der Waals surface area contributed by atoms with E-state index < -0.39 is 0 Å². The molecule has 0 heterocycles. The molecule has 2 aromatic rings. The summed E-state index contributed by atoms with van der Waals surface area (Å²) in [7, 11) is 2.84. The summed E-state index contributed by atoms with van der Waals surface area (Å²) in [5.41, 5.74) is 8.56. The van der Waals surface area contributed by atoms with Crippen molar-refractivity contribution in [1.29, 1.82) is 0 Å². The van der Waals surface area contributed by atoms with E-state index in [-0.39, 0.29) is 17.4 Å². The van der Waals surface area contributed by atoms with E-state index in [0.717, 1.165) is 36.8 Å². The minimum Gasteiger partial charge on any atom is -0.465 e. The molecule has 0 N–H and O–H groups in total. The molecule has 4 rings (SSSR count). The Kier molecular flexibility index (Phi) is 4.10. The number of benzene rings is 2. The van der Waals surface area contributed by atoms with Crippen molar-refractivity contribution in [2.24, 2.45) is 5.41 Å². The number of rotatable bonds is 2. The van der Waals surface area contributed by atoms with E-state index in [4.69, 9.17) is 9.47 Å². The Bertz CT molecular complexity index is 891. The normalized spacial score (nSPS) is 16.1. The molecule has 0 bridgehead atoms. The highest BCUT2D eigenvalue weighted by Crippen LogP contribution is 2.48. The number of fused-ring (bicyclic) bond motifs is 2. The second kappa shape index (κ2) is 6.22. The fourth-order valence-electron chi connectivity index (χ4n) is 4.93. The van der Waals surface area contributed by atoms with Gasteiger partial charge in [0.15, 0.2) is 0 Å². The van der Waals surface area contributed by atoms with Crippen molar-refractivity contribution in [3.8, 4) is 0 Å². The van der Waals surface area contributed by atoms with E-state index in [1.165, 1.54) is 36.5 Å². The first-order valence-electron chi connectivity index (χ1n) is 9.27. The number of carbonyl (C=O) groups excluding carboxylic acids is 2. The first kappa shape index (κ1) is 17.8. The lowest BCUT2D eigenvalue weighted by Crippen LogP contribution is -2.21. The second-order valence-corrected chi connectivity index (χ2v) is 8.06. The number of ether oxygens (including phenoxy) is 2. The molecule has 4 nitrogen and oxygen atoms in total. The van der Waals surface area contributed by atoms with E-state index in [1.807, 2.05) is 26.0 Å². The molecule has 0 radical (unpaired) electrons. The van der Waals surface area contributed by atoms with Gasteiger partial charge < -0.3 is 9.47 Å². The Morgan fingerprint density at radius 3 is 1.37 bits per heavy atom. The lowest BCUT2D eigenvalue weighted by molar-refractivity contribution is 0.0591. The van der Waals surface area contributed by atoms with E-state index in [2.05, 4.69) is 12.1 Å². The number of esters is 2. The Balaban J connectivity index is 1.66. The van der Waals surface area contributed by atoms with Crippen LogP contribution in [0.5, 0.6) is 0 Å². The predicted octanol–water partition coefficient (Wildman–Crippen LogP) is 3.76. The third-order valence-corrected chi connectivity index (χ3v) is 6.17. The van der Waals surface area contributed by atoms with Crippen LogP contribution >= 0.6 is 0 Å². The van der Waals surface area contributed by atoms with Gasteiger partial charge in [-0.25, -0.2) is 9.59 Å². The molecule has 0 unspecified atom stereocenters. The fraction of sp³-hybridized carbons (Fsp3) is 0.391. The molecule has 0 atom stereocenters. The molecule has 2 aromatic carbocycles. The quantitative estimate of drug-likeness (QED) is 0.762. The summed E-state index contributed by atoms with van der Waals surface area (Å²) < 4.78 is 9.84. The van der Waals surface area contributed by atoms with Crippen LogP contribution in [0.2, 0.25) is 0 Å². The van der Waals surface area contributed by atoms with Gasteiger partial charge in [-0.2, -0.15) is 0 Å². The SMILES string of the molecule is COC(=O)c1cc2c(cc1C)CC1(Cc3cc(C)c(C(=O)OC)cc3C1)C2. The molecule has 0 saturated carbocycles. The van der Waals surface area contributed by atoms with Crippen molar-refractivity contribution in [2.75, 3.05) is 14.2 Å². The summed E-state index contributed by atoms with van der Waals surface area (Å²) in [6, 6.07) is 8.31. The third kappa shape index (κ3) is 2.84. The minimum atomic E-state index is -0.274. The maximum atomic E-state index is 12.0. The number of aryl methyl sites for hydroxylation is 2. The van der Waals surface area contributed by atoms with Gasteiger partial charge in [0.1, 0.15) is 0 Å². The van der Waals surface area contributed by atoms with Crippen LogP contribution in [0.4, 0.5) is 0 Å². The highest BCUT2D eigenvalue weighted by molar-refractivity contribution is 5.92. The van der Waals surface area contributed by atoms with Gasteiger partial charge in [0.25, 0.3) is 0 Å². The largest absolute Gasteiger partial charge is 0.465 e. The van der Waals surface area contributed by atoms with Crippen molar-refractivity contribution < 1.29 is 19.1 Å². The number of methoxy groups -OCH3 is 2. The lowest BCUT2D eigenvalue weighted by Gasteiger charge is -2.21. The molecule has 0 aliphatic heterocycles. The average Bonchev–Trinajstić information content (AvgIpc) is 3.16. The van der Waals surface area contributed by atoms with Gasteiger partial charge in [-0.05, 0) is 90.5 Å². The summed E-state index contributed by atoms with van der Waals surface area (Å²) in [6.45, 7) is 3.93. The van der Waals surface area contributed by atoms with Gasteiger partial charge in [0, 0.05) is 0 Å². The first-order valence-corrected chi connectivity index (χ1v) is 9.27. The Labute approximate surface area is 159 Å². The maximum Gasteiger partial charge on any atom is 0.338 e. The summed E-state index contributed by atoms with van der Waals surface area (Å²) >= 11 is 0. The molecule has 0 fully saturated rings. The van der Waals surface area contributed by atoms with Crippen LogP contribution in [-0.2, 0) is 35.2 Å². The van der Waals surface area contributed by atoms with Crippen molar-refractivity contribution >= 4 is 11.9 Å². The number of hydrogen-bond acceptors (Lipinski definition) is 4. The van der Waals surface area contributed by atoms with Crippen LogP contribution < -0.4 is 0 Å². The standard InChI is InChI=1S/C23H24O4/c1-13-5-15-9-23(11-17(15)7-19(13)21(24)26-3)10-16-6-14(2)20(22(25)27-4)8-18(16)12-23/h5-8H,9-12H2,1-4H3. The molecular formula is C23H24O4. The van der Waals surface area contributed by atoms with E-state index in [0.29, 0.717) is 11.1 Å². The smallest absolute Gasteiger partial charge is 0.338 e. The Morgan fingerprint density at radius 1 is 0.704 bits per heavy atom. The van der Waals surface area contributed by atoms with Crippen molar-refractivity contribution in [2.45, 2.75) is 39.5 Å². The van der Waals surface area contributed by atoms with E-state index in [9.17, 15) is 9.59 Å². The summed E-state index contributed by atoms with van der Waals surface area (Å²) in [5, 5.41) is 0. The van der Waals surface area contributed by atoms with Crippen molar-refractivity contribution in [3.05, 3.63) is 68.8 Å². The monoisotopic (exact) mass is 364 g/mol. The maximum absolute atomic E-state index is 12.0. The van der Waals surface area contributed by atoms with Gasteiger partial charge in [-0.15, -0.1) is 0 Å². The van der Waals surface area contributed by atoms with Crippen molar-refractivity contribution in [3.63, 3.8) is 0 Å². The zero-order valence-corrected chi connectivity index (χ0v) is 16.3.